The summed E-state index contributed by atoms with van der Waals surface area (Å²) in [5.41, 5.74) is 0. The van der Waals surface area contributed by atoms with E-state index in [2.05, 4.69) is 21.9 Å². The number of aryl methyl sites for hydroxylation is 1. The van der Waals surface area contributed by atoms with Crippen molar-refractivity contribution in [3.05, 3.63) is 18.1 Å². The van der Waals surface area contributed by atoms with Gasteiger partial charge in [-0.05, 0) is 46.2 Å². The van der Waals surface area contributed by atoms with Gasteiger partial charge in [0, 0.05) is 25.4 Å². The predicted molar refractivity (Wildman–Crippen MR) is 87.2 cm³/mol. The quantitative estimate of drug-likeness (QED) is 0.845. The lowest BCUT2D eigenvalue weighted by Crippen LogP contribution is -2.49. The zero-order valence-electron chi connectivity index (χ0n) is 14.1. The van der Waals surface area contributed by atoms with E-state index in [9.17, 15) is 4.79 Å². The highest BCUT2D eigenvalue weighted by Gasteiger charge is 2.31. The summed E-state index contributed by atoms with van der Waals surface area (Å²) in [4.78, 5) is 25.4. The van der Waals surface area contributed by atoms with Crippen molar-refractivity contribution in [1.29, 1.82) is 0 Å². The van der Waals surface area contributed by atoms with E-state index in [-0.39, 0.29) is 12.0 Å². The number of nitrogens with zero attached hydrogens (tertiary/aromatic N) is 4. The van der Waals surface area contributed by atoms with Crippen LogP contribution in [0.3, 0.4) is 0 Å². The average Bonchev–Trinajstić information content (AvgIpc) is 2.54. The van der Waals surface area contributed by atoms with Crippen LogP contribution in [0.1, 0.15) is 31.5 Å². The molecule has 6 heteroatoms. The molecule has 2 aliphatic rings. The topological polar surface area (TPSA) is 58.6 Å². The highest BCUT2D eigenvalue weighted by Crippen LogP contribution is 2.22. The van der Waals surface area contributed by atoms with Gasteiger partial charge in [0.05, 0.1) is 12.5 Å². The molecule has 0 aliphatic carbocycles. The molecule has 0 aromatic carbocycles. The fourth-order valence-corrected chi connectivity index (χ4v) is 3.53. The molecular formula is C17H26N4O2. The maximum absolute atomic E-state index is 12.8. The molecule has 2 saturated heterocycles. The molecule has 1 amide bonds. The first-order chi connectivity index (χ1) is 11.1. The van der Waals surface area contributed by atoms with Gasteiger partial charge >= 0.3 is 0 Å². The van der Waals surface area contributed by atoms with Crippen LogP contribution in [-0.4, -0.2) is 65.0 Å². The number of carbonyl (C=O) groups excluding carboxylic acids is 1. The number of ether oxygens (including phenoxy) is 1. The molecule has 0 N–H and O–H groups in total. The summed E-state index contributed by atoms with van der Waals surface area (Å²) in [6.45, 7) is 5.35. The normalized spacial score (nSPS) is 26.1. The zero-order valence-corrected chi connectivity index (χ0v) is 14.1. The van der Waals surface area contributed by atoms with Gasteiger partial charge in [0.2, 0.25) is 11.8 Å². The van der Waals surface area contributed by atoms with Gasteiger partial charge in [0.25, 0.3) is 0 Å². The Morgan fingerprint density at radius 2 is 2.09 bits per heavy atom. The van der Waals surface area contributed by atoms with Crippen molar-refractivity contribution in [3.63, 3.8) is 0 Å². The zero-order chi connectivity index (χ0) is 16.2. The first kappa shape index (κ1) is 16.2. The lowest BCUT2D eigenvalue weighted by Gasteiger charge is -2.37. The second-order valence-corrected chi connectivity index (χ2v) is 6.71. The van der Waals surface area contributed by atoms with Crippen molar-refractivity contribution in [2.75, 3.05) is 33.2 Å². The molecule has 3 heterocycles. The highest BCUT2D eigenvalue weighted by atomic mass is 16.5. The van der Waals surface area contributed by atoms with Crippen molar-refractivity contribution >= 4 is 5.91 Å². The van der Waals surface area contributed by atoms with Crippen LogP contribution < -0.4 is 4.74 Å². The minimum Gasteiger partial charge on any atom is -0.472 e. The minimum atomic E-state index is 0.0309. The van der Waals surface area contributed by atoms with Crippen LogP contribution in [0, 0.1) is 12.8 Å². The van der Waals surface area contributed by atoms with E-state index < -0.39 is 0 Å². The number of rotatable bonds is 3. The van der Waals surface area contributed by atoms with Crippen molar-refractivity contribution < 1.29 is 9.53 Å². The molecule has 2 fully saturated rings. The van der Waals surface area contributed by atoms with Gasteiger partial charge in [0.1, 0.15) is 11.9 Å². The number of aromatic nitrogens is 2. The molecule has 6 nitrogen and oxygen atoms in total. The van der Waals surface area contributed by atoms with Crippen LogP contribution in [0.2, 0.25) is 0 Å². The van der Waals surface area contributed by atoms with Gasteiger partial charge in [-0.3, -0.25) is 4.79 Å². The lowest BCUT2D eigenvalue weighted by molar-refractivity contribution is -0.139. The molecule has 2 unspecified atom stereocenters. The standard InChI is InChI=1S/C17H26N4O2/c1-13-18-8-7-16(19-13)23-15-6-4-10-21(12-15)17(22)14-5-3-9-20(2)11-14/h7-8,14-15H,3-6,9-12H2,1-2H3. The van der Waals surface area contributed by atoms with Crippen LogP contribution in [0.15, 0.2) is 12.3 Å². The SMILES string of the molecule is Cc1nccc(OC2CCCN(C(=O)C3CCCN(C)C3)C2)n1. The Balaban J connectivity index is 1.58. The molecule has 2 aliphatic heterocycles. The summed E-state index contributed by atoms with van der Waals surface area (Å²) in [5, 5.41) is 0. The fraction of sp³-hybridized carbons (Fsp3) is 0.706. The number of amides is 1. The minimum absolute atomic E-state index is 0.0309. The Morgan fingerprint density at radius 1 is 1.26 bits per heavy atom. The molecule has 2 atom stereocenters. The molecule has 1 aromatic rings. The van der Waals surface area contributed by atoms with Crippen LogP contribution in [0.25, 0.3) is 0 Å². The van der Waals surface area contributed by atoms with E-state index >= 15 is 0 Å². The Bertz CT molecular complexity index is 551. The molecule has 0 spiro atoms. The van der Waals surface area contributed by atoms with E-state index in [4.69, 9.17) is 4.74 Å². The third kappa shape index (κ3) is 4.19. The Morgan fingerprint density at radius 3 is 2.87 bits per heavy atom. The molecule has 0 bridgehead atoms. The van der Waals surface area contributed by atoms with Gasteiger partial charge in [-0.15, -0.1) is 0 Å². The summed E-state index contributed by atoms with van der Waals surface area (Å²) < 4.78 is 5.97. The van der Waals surface area contributed by atoms with Crippen LogP contribution >= 0.6 is 0 Å². The van der Waals surface area contributed by atoms with E-state index in [0.717, 1.165) is 45.3 Å². The first-order valence-corrected chi connectivity index (χ1v) is 8.55. The fourth-order valence-electron chi connectivity index (χ4n) is 3.53. The summed E-state index contributed by atoms with van der Waals surface area (Å²) in [7, 11) is 2.10. The Kier molecular flexibility index (Phi) is 5.10. The highest BCUT2D eigenvalue weighted by molar-refractivity contribution is 5.79. The summed E-state index contributed by atoms with van der Waals surface area (Å²) in [6, 6.07) is 1.78. The molecular weight excluding hydrogens is 292 g/mol. The maximum atomic E-state index is 12.8. The second kappa shape index (κ2) is 7.25. The van der Waals surface area contributed by atoms with Crippen molar-refractivity contribution in [2.24, 2.45) is 5.92 Å². The number of carbonyl (C=O) groups is 1. The predicted octanol–water partition coefficient (Wildman–Crippen LogP) is 1.50. The molecule has 3 rings (SSSR count). The number of likely N-dealkylation sites (tertiary alicyclic amines) is 2. The third-order valence-corrected chi connectivity index (χ3v) is 4.70. The van der Waals surface area contributed by atoms with Crippen LogP contribution in [0.4, 0.5) is 0 Å². The molecule has 126 valence electrons. The van der Waals surface area contributed by atoms with Gasteiger partial charge < -0.3 is 14.5 Å². The number of hydrogen-bond donors (Lipinski definition) is 0. The summed E-state index contributed by atoms with van der Waals surface area (Å²) in [5.74, 6) is 1.75. The van der Waals surface area contributed by atoms with E-state index in [1.165, 1.54) is 0 Å². The second-order valence-electron chi connectivity index (χ2n) is 6.71. The van der Waals surface area contributed by atoms with Crippen LogP contribution in [0.5, 0.6) is 5.88 Å². The Hall–Kier alpha value is -1.69. The van der Waals surface area contributed by atoms with Crippen LogP contribution in [-0.2, 0) is 4.79 Å². The van der Waals surface area contributed by atoms with Gasteiger partial charge in [-0.25, -0.2) is 4.98 Å². The van der Waals surface area contributed by atoms with E-state index in [1.807, 2.05) is 11.8 Å². The van der Waals surface area contributed by atoms with Crippen molar-refractivity contribution in [2.45, 2.75) is 38.7 Å². The van der Waals surface area contributed by atoms with E-state index in [1.54, 1.807) is 12.3 Å². The average molecular weight is 318 g/mol. The molecule has 0 saturated carbocycles. The first-order valence-electron chi connectivity index (χ1n) is 8.55. The monoisotopic (exact) mass is 318 g/mol. The molecule has 23 heavy (non-hydrogen) atoms. The van der Waals surface area contributed by atoms with Gasteiger partial charge in [-0.2, -0.15) is 4.98 Å². The third-order valence-electron chi connectivity index (χ3n) is 4.70. The number of piperidine rings is 2. The smallest absolute Gasteiger partial charge is 0.227 e. The summed E-state index contributed by atoms with van der Waals surface area (Å²) >= 11 is 0. The molecule has 1 aromatic heterocycles. The number of hydrogen-bond acceptors (Lipinski definition) is 5. The summed E-state index contributed by atoms with van der Waals surface area (Å²) in [6.07, 6.45) is 5.82. The van der Waals surface area contributed by atoms with Crippen molar-refractivity contribution in [1.82, 2.24) is 19.8 Å². The largest absolute Gasteiger partial charge is 0.472 e. The van der Waals surface area contributed by atoms with Gasteiger partial charge in [-0.1, -0.05) is 0 Å². The molecule has 0 radical (unpaired) electrons. The van der Waals surface area contributed by atoms with Crippen molar-refractivity contribution in [3.8, 4) is 5.88 Å². The lowest BCUT2D eigenvalue weighted by atomic mass is 9.95. The Labute approximate surface area is 137 Å². The maximum Gasteiger partial charge on any atom is 0.227 e. The van der Waals surface area contributed by atoms with Gasteiger partial charge in [0.15, 0.2) is 0 Å². The van der Waals surface area contributed by atoms with E-state index in [0.29, 0.717) is 24.2 Å².